The lowest BCUT2D eigenvalue weighted by Gasteiger charge is -2.10. The molecule has 0 saturated heterocycles. The Bertz CT molecular complexity index is 640. The Hall–Kier alpha value is -2.84. The number of H-pyrrole nitrogens is 1. The molecule has 0 bridgehead atoms. The van der Waals surface area contributed by atoms with Gasteiger partial charge in [0.25, 0.3) is 11.6 Å². The summed E-state index contributed by atoms with van der Waals surface area (Å²) in [6, 6.07) is 3.76. The highest BCUT2D eigenvalue weighted by molar-refractivity contribution is 5.94. The van der Waals surface area contributed by atoms with E-state index in [0.29, 0.717) is 17.0 Å². The Kier molecular flexibility index (Phi) is 3.69. The lowest BCUT2D eigenvalue weighted by molar-refractivity contribution is -0.385. The Morgan fingerprint density at radius 3 is 2.80 bits per heavy atom. The molecule has 0 radical (unpaired) electrons. The molecule has 1 atom stereocenters. The van der Waals surface area contributed by atoms with Crippen LogP contribution in [0.3, 0.4) is 0 Å². The molecule has 1 aromatic carbocycles. The molecule has 0 saturated carbocycles. The fraction of sp³-hybridized carbons (Fsp3) is 0.273. The van der Waals surface area contributed by atoms with Crippen LogP contribution in [0.4, 0.5) is 5.69 Å². The van der Waals surface area contributed by atoms with E-state index < -0.39 is 11.0 Å². The van der Waals surface area contributed by atoms with Gasteiger partial charge in [-0.25, -0.2) is 0 Å². The first-order valence-corrected chi connectivity index (χ1v) is 5.78. The van der Waals surface area contributed by atoms with E-state index in [1.165, 1.54) is 18.2 Å². The number of aromatic nitrogens is 4. The second-order valence-electron chi connectivity index (χ2n) is 4.22. The molecule has 20 heavy (non-hydrogen) atoms. The van der Waals surface area contributed by atoms with Crippen LogP contribution in [0.5, 0.6) is 0 Å². The van der Waals surface area contributed by atoms with Gasteiger partial charge >= 0.3 is 0 Å². The Morgan fingerprint density at radius 2 is 2.25 bits per heavy atom. The fourth-order valence-electron chi connectivity index (χ4n) is 1.70. The third-order valence-electron chi connectivity index (χ3n) is 2.75. The Morgan fingerprint density at radius 1 is 1.50 bits per heavy atom. The predicted molar refractivity (Wildman–Crippen MR) is 67.9 cm³/mol. The molecule has 2 rings (SSSR count). The van der Waals surface area contributed by atoms with E-state index in [4.69, 9.17) is 0 Å². The lowest BCUT2D eigenvalue weighted by atomic mass is 10.1. The van der Waals surface area contributed by atoms with E-state index in [1.54, 1.807) is 13.8 Å². The summed E-state index contributed by atoms with van der Waals surface area (Å²) >= 11 is 0. The first kappa shape index (κ1) is 13.6. The van der Waals surface area contributed by atoms with Crippen molar-refractivity contribution in [3.8, 4) is 0 Å². The van der Waals surface area contributed by atoms with E-state index in [9.17, 15) is 14.9 Å². The lowest BCUT2D eigenvalue weighted by Crippen LogP contribution is -2.27. The summed E-state index contributed by atoms with van der Waals surface area (Å²) in [4.78, 5) is 22.2. The summed E-state index contributed by atoms with van der Waals surface area (Å²) in [5, 5.41) is 26.6. The van der Waals surface area contributed by atoms with Crippen LogP contribution < -0.4 is 5.32 Å². The summed E-state index contributed by atoms with van der Waals surface area (Å²) in [5.74, 6) is -0.00252. The minimum Gasteiger partial charge on any atom is -0.342 e. The number of amides is 1. The molecule has 1 unspecified atom stereocenters. The van der Waals surface area contributed by atoms with Crippen molar-refractivity contribution in [2.75, 3.05) is 0 Å². The van der Waals surface area contributed by atoms with Crippen LogP contribution in [0.1, 0.15) is 34.7 Å². The third kappa shape index (κ3) is 2.76. The smallest absolute Gasteiger partial charge is 0.272 e. The van der Waals surface area contributed by atoms with Crippen LogP contribution in [0.25, 0.3) is 0 Å². The second-order valence-corrected chi connectivity index (χ2v) is 4.22. The zero-order valence-electron chi connectivity index (χ0n) is 10.8. The number of aromatic amines is 1. The van der Waals surface area contributed by atoms with Gasteiger partial charge in [-0.05, 0) is 26.0 Å². The van der Waals surface area contributed by atoms with Crippen LogP contribution in [-0.2, 0) is 0 Å². The van der Waals surface area contributed by atoms with Gasteiger partial charge in [0.15, 0.2) is 5.82 Å². The maximum atomic E-state index is 12.0. The zero-order chi connectivity index (χ0) is 14.7. The van der Waals surface area contributed by atoms with E-state index in [-0.39, 0.29) is 11.6 Å². The number of aryl methyl sites for hydroxylation is 1. The van der Waals surface area contributed by atoms with Crippen molar-refractivity contribution in [2.24, 2.45) is 0 Å². The number of rotatable bonds is 4. The summed E-state index contributed by atoms with van der Waals surface area (Å²) < 4.78 is 0. The van der Waals surface area contributed by atoms with Gasteiger partial charge in [0, 0.05) is 17.2 Å². The highest BCUT2D eigenvalue weighted by atomic mass is 16.6. The number of hydrogen-bond donors (Lipinski definition) is 2. The van der Waals surface area contributed by atoms with Gasteiger partial charge in [0.2, 0.25) is 0 Å². The quantitative estimate of drug-likeness (QED) is 0.631. The Balaban J connectivity index is 2.14. The molecule has 104 valence electrons. The molecule has 2 N–H and O–H groups in total. The molecule has 0 spiro atoms. The van der Waals surface area contributed by atoms with Crippen LogP contribution in [-0.4, -0.2) is 31.5 Å². The van der Waals surface area contributed by atoms with Crippen molar-refractivity contribution in [1.29, 1.82) is 0 Å². The van der Waals surface area contributed by atoms with Gasteiger partial charge < -0.3 is 5.32 Å². The van der Waals surface area contributed by atoms with Crippen molar-refractivity contribution < 1.29 is 9.72 Å². The van der Waals surface area contributed by atoms with Crippen LogP contribution in [0.2, 0.25) is 0 Å². The van der Waals surface area contributed by atoms with Crippen molar-refractivity contribution >= 4 is 11.6 Å². The van der Waals surface area contributed by atoms with Crippen molar-refractivity contribution in [1.82, 2.24) is 25.9 Å². The van der Waals surface area contributed by atoms with Crippen LogP contribution in [0, 0.1) is 17.0 Å². The molecule has 9 nitrogen and oxygen atoms in total. The summed E-state index contributed by atoms with van der Waals surface area (Å²) in [6.07, 6.45) is 0. The molecule has 1 heterocycles. The number of carbonyl (C=O) groups excluding carboxylic acids is 1. The molecule has 0 aliphatic rings. The molecule has 1 amide bonds. The summed E-state index contributed by atoms with van der Waals surface area (Å²) in [5.41, 5.74) is 0.742. The highest BCUT2D eigenvalue weighted by Crippen LogP contribution is 2.19. The number of hydrogen-bond acceptors (Lipinski definition) is 6. The molecular weight excluding hydrogens is 264 g/mol. The number of nitro groups is 1. The average molecular weight is 276 g/mol. The Labute approximate surface area is 113 Å². The number of nitrogens with one attached hydrogen (secondary N) is 2. The van der Waals surface area contributed by atoms with E-state index >= 15 is 0 Å². The van der Waals surface area contributed by atoms with Crippen molar-refractivity contribution in [2.45, 2.75) is 19.9 Å². The highest BCUT2D eigenvalue weighted by Gasteiger charge is 2.17. The zero-order valence-corrected chi connectivity index (χ0v) is 10.8. The largest absolute Gasteiger partial charge is 0.342 e. The van der Waals surface area contributed by atoms with E-state index in [2.05, 4.69) is 25.9 Å². The number of benzene rings is 1. The minimum absolute atomic E-state index is 0.0206. The molecule has 0 fully saturated rings. The first-order chi connectivity index (χ1) is 9.49. The SMILES string of the molecule is Cc1cc(C(=O)NC(C)c2nn[nH]n2)ccc1[N+](=O)[O-]. The number of nitro benzene ring substituents is 1. The summed E-state index contributed by atoms with van der Waals surface area (Å²) in [7, 11) is 0. The molecular formula is C11H12N6O3. The van der Waals surface area contributed by atoms with Gasteiger partial charge in [-0.2, -0.15) is 5.21 Å². The maximum Gasteiger partial charge on any atom is 0.272 e. The molecule has 0 aliphatic carbocycles. The predicted octanol–water partition coefficient (Wildman–Crippen LogP) is 0.907. The van der Waals surface area contributed by atoms with Gasteiger partial charge in [-0.3, -0.25) is 14.9 Å². The third-order valence-corrected chi connectivity index (χ3v) is 2.75. The number of carbonyl (C=O) groups is 1. The monoisotopic (exact) mass is 276 g/mol. The second kappa shape index (κ2) is 5.43. The van der Waals surface area contributed by atoms with Crippen molar-refractivity contribution in [3.63, 3.8) is 0 Å². The van der Waals surface area contributed by atoms with Gasteiger partial charge in [-0.15, -0.1) is 10.2 Å². The molecule has 1 aromatic heterocycles. The molecule has 0 aliphatic heterocycles. The van der Waals surface area contributed by atoms with Gasteiger partial charge in [0.1, 0.15) is 0 Å². The number of tetrazole rings is 1. The topological polar surface area (TPSA) is 127 Å². The van der Waals surface area contributed by atoms with Crippen LogP contribution >= 0.6 is 0 Å². The molecule has 9 heteroatoms. The first-order valence-electron chi connectivity index (χ1n) is 5.78. The number of nitrogens with zero attached hydrogens (tertiary/aromatic N) is 4. The fourth-order valence-corrected chi connectivity index (χ4v) is 1.70. The van der Waals surface area contributed by atoms with Crippen molar-refractivity contribution in [3.05, 3.63) is 45.3 Å². The maximum absolute atomic E-state index is 12.0. The molecule has 2 aromatic rings. The van der Waals surface area contributed by atoms with Crippen LogP contribution in [0.15, 0.2) is 18.2 Å². The van der Waals surface area contributed by atoms with Gasteiger partial charge in [0.05, 0.1) is 11.0 Å². The van der Waals surface area contributed by atoms with Gasteiger partial charge in [-0.1, -0.05) is 5.21 Å². The standard InChI is InChI=1S/C11H12N6O3/c1-6-5-8(3-4-9(6)17(19)20)11(18)12-7(2)10-13-15-16-14-10/h3-5,7H,1-2H3,(H,12,18)(H,13,14,15,16). The average Bonchev–Trinajstić information content (AvgIpc) is 2.91. The minimum atomic E-state index is -0.487. The van der Waals surface area contributed by atoms with E-state index in [0.717, 1.165) is 0 Å². The summed E-state index contributed by atoms with van der Waals surface area (Å²) in [6.45, 7) is 3.29. The van der Waals surface area contributed by atoms with E-state index in [1.807, 2.05) is 0 Å². The normalized spacial score (nSPS) is 11.9.